The Morgan fingerprint density at radius 3 is 2.88 bits per heavy atom. The highest BCUT2D eigenvalue weighted by molar-refractivity contribution is 5.96. The van der Waals surface area contributed by atoms with Crippen LogP contribution in [0.5, 0.6) is 5.75 Å². The van der Waals surface area contributed by atoms with E-state index in [1.807, 2.05) is 4.90 Å². The van der Waals surface area contributed by atoms with Crippen LogP contribution >= 0.6 is 0 Å². The lowest BCUT2D eigenvalue weighted by atomic mass is 10.0. The molecule has 25 heavy (non-hydrogen) atoms. The number of nitrogens with zero attached hydrogens (tertiary/aromatic N) is 1. The molecule has 8 heteroatoms. The van der Waals surface area contributed by atoms with Gasteiger partial charge in [0.15, 0.2) is 0 Å². The number of piperidine rings is 1. The molecule has 0 aromatic heterocycles. The number of halogens is 2. The Morgan fingerprint density at radius 2 is 2.16 bits per heavy atom. The maximum absolute atomic E-state index is 12.3. The second-order valence-corrected chi connectivity index (χ2v) is 5.54. The predicted molar refractivity (Wildman–Crippen MR) is 86.7 cm³/mol. The average molecular weight is 351 g/mol. The van der Waals surface area contributed by atoms with Crippen LogP contribution in [0.15, 0.2) is 24.3 Å². The Bertz CT molecular complexity index is 661. The first-order valence-corrected chi connectivity index (χ1v) is 7.84. The van der Waals surface area contributed by atoms with Gasteiger partial charge in [0, 0.05) is 5.56 Å². The lowest BCUT2D eigenvalue weighted by Gasteiger charge is -2.33. The zero-order chi connectivity index (χ0) is 18.2. The molecule has 0 bridgehead atoms. The number of ether oxygens (including phenoxy) is 1. The van der Waals surface area contributed by atoms with Crippen molar-refractivity contribution in [1.82, 2.24) is 15.8 Å². The van der Waals surface area contributed by atoms with Crippen molar-refractivity contribution in [2.75, 3.05) is 13.1 Å². The summed E-state index contributed by atoms with van der Waals surface area (Å²) in [5.41, 5.74) is 4.73. The highest BCUT2D eigenvalue weighted by Crippen LogP contribution is 2.17. The van der Waals surface area contributed by atoms with Gasteiger partial charge in [-0.05, 0) is 37.6 Å². The van der Waals surface area contributed by atoms with Gasteiger partial charge in [0.2, 0.25) is 0 Å². The zero-order valence-corrected chi connectivity index (χ0v) is 13.5. The fourth-order valence-corrected chi connectivity index (χ4v) is 2.68. The van der Waals surface area contributed by atoms with E-state index >= 15 is 0 Å². The van der Waals surface area contributed by atoms with Gasteiger partial charge in [-0.15, -0.1) is 6.42 Å². The number of benzene rings is 1. The van der Waals surface area contributed by atoms with Crippen LogP contribution in [-0.4, -0.2) is 42.5 Å². The van der Waals surface area contributed by atoms with Crippen LogP contribution in [-0.2, 0) is 4.79 Å². The first kappa shape index (κ1) is 18.7. The van der Waals surface area contributed by atoms with Crippen LogP contribution in [0.3, 0.4) is 0 Å². The summed E-state index contributed by atoms with van der Waals surface area (Å²) in [6.45, 7) is -1.89. The quantitative estimate of drug-likeness (QED) is 0.624. The molecular formula is C17H19F2N3O3. The fourth-order valence-electron chi connectivity index (χ4n) is 2.68. The summed E-state index contributed by atoms with van der Waals surface area (Å²) in [6.07, 6.45) is 7.83. The molecule has 6 nitrogen and oxygen atoms in total. The van der Waals surface area contributed by atoms with Gasteiger partial charge in [0.1, 0.15) is 5.75 Å². The van der Waals surface area contributed by atoms with Crippen LogP contribution in [0.1, 0.15) is 29.6 Å². The monoisotopic (exact) mass is 351 g/mol. The molecule has 2 rings (SSSR count). The second-order valence-electron chi connectivity index (χ2n) is 5.54. The SMILES string of the molecule is C#CCN1CCCC[C@@H]1C(=O)NNC(=O)c1cccc(OC(F)F)c1. The fraction of sp³-hybridized carbons (Fsp3) is 0.412. The number of likely N-dealkylation sites (tertiary alicyclic amines) is 1. The molecule has 2 amide bonds. The Hall–Kier alpha value is -2.66. The average Bonchev–Trinajstić information content (AvgIpc) is 2.60. The molecule has 0 saturated carbocycles. The molecule has 1 heterocycles. The Labute approximate surface area is 144 Å². The van der Waals surface area contributed by atoms with E-state index in [0.29, 0.717) is 13.0 Å². The molecule has 1 saturated heterocycles. The lowest BCUT2D eigenvalue weighted by Crippen LogP contribution is -2.54. The van der Waals surface area contributed by atoms with Gasteiger partial charge in [-0.1, -0.05) is 18.4 Å². The van der Waals surface area contributed by atoms with Gasteiger partial charge >= 0.3 is 6.61 Å². The van der Waals surface area contributed by atoms with Crippen molar-refractivity contribution in [2.45, 2.75) is 31.9 Å². The van der Waals surface area contributed by atoms with Crippen molar-refractivity contribution in [2.24, 2.45) is 0 Å². The summed E-state index contributed by atoms with van der Waals surface area (Å²) in [5, 5.41) is 0. The van der Waals surface area contributed by atoms with Crippen LogP contribution < -0.4 is 15.6 Å². The van der Waals surface area contributed by atoms with Crippen molar-refractivity contribution in [3.8, 4) is 18.1 Å². The molecule has 1 aromatic carbocycles. The molecule has 0 unspecified atom stereocenters. The minimum Gasteiger partial charge on any atom is -0.435 e. The number of rotatable bonds is 5. The van der Waals surface area contributed by atoms with Gasteiger partial charge in [-0.3, -0.25) is 25.3 Å². The number of hydrogen-bond acceptors (Lipinski definition) is 4. The number of hydrogen-bond donors (Lipinski definition) is 2. The van der Waals surface area contributed by atoms with Gasteiger partial charge in [0.25, 0.3) is 11.8 Å². The van der Waals surface area contributed by atoms with E-state index in [1.54, 1.807) is 0 Å². The predicted octanol–water partition coefficient (Wildman–Crippen LogP) is 1.54. The molecule has 1 atom stereocenters. The molecule has 2 N–H and O–H groups in total. The van der Waals surface area contributed by atoms with E-state index in [0.717, 1.165) is 19.4 Å². The van der Waals surface area contributed by atoms with Crippen molar-refractivity contribution in [1.29, 1.82) is 0 Å². The van der Waals surface area contributed by atoms with Crippen molar-refractivity contribution >= 4 is 11.8 Å². The van der Waals surface area contributed by atoms with E-state index in [9.17, 15) is 18.4 Å². The smallest absolute Gasteiger partial charge is 0.387 e. The number of terminal acetylenes is 1. The van der Waals surface area contributed by atoms with Gasteiger partial charge in [-0.2, -0.15) is 8.78 Å². The molecule has 1 aliphatic heterocycles. The summed E-state index contributed by atoms with van der Waals surface area (Å²) in [7, 11) is 0. The lowest BCUT2D eigenvalue weighted by molar-refractivity contribution is -0.128. The van der Waals surface area contributed by atoms with E-state index in [4.69, 9.17) is 6.42 Å². The van der Waals surface area contributed by atoms with E-state index in [-0.39, 0.29) is 17.2 Å². The van der Waals surface area contributed by atoms with E-state index in [1.165, 1.54) is 24.3 Å². The third-order valence-corrected chi connectivity index (χ3v) is 3.83. The maximum Gasteiger partial charge on any atom is 0.387 e. The van der Waals surface area contributed by atoms with Crippen LogP contribution in [0.2, 0.25) is 0 Å². The van der Waals surface area contributed by atoms with Gasteiger partial charge < -0.3 is 4.74 Å². The molecule has 1 fully saturated rings. The number of carbonyl (C=O) groups is 2. The van der Waals surface area contributed by atoms with Crippen LogP contribution in [0.4, 0.5) is 8.78 Å². The number of amides is 2. The first-order valence-electron chi connectivity index (χ1n) is 7.84. The molecule has 1 aliphatic rings. The minimum atomic E-state index is -2.98. The zero-order valence-electron chi connectivity index (χ0n) is 13.5. The third-order valence-electron chi connectivity index (χ3n) is 3.83. The molecule has 134 valence electrons. The minimum absolute atomic E-state index is 0.0857. The van der Waals surface area contributed by atoms with Crippen LogP contribution in [0.25, 0.3) is 0 Å². The number of alkyl halides is 2. The highest BCUT2D eigenvalue weighted by atomic mass is 19.3. The van der Waals surface area contributed by atoms with E-state index in [2.05, 4.69) is 21.5 Å². The van der Waals surface area contributed by atoms with Crippen molar-refractivity contribution in [3.63, 3.8) is 0 Å². The summed E-state index contributed by atoms with van der Waals surface area (Å²) in [6, 6.07) is 4.90. The normalized spacial score (nSPS) is 17.6. The molecule has 0 spiro atoms. The molecule has 0 aliphatic carbocycles. The summed E-state index contributed by atoms with van der Waals surface area (Å²) >= 11 is 0. The van der Waals surface area contributed by atoms with Crippen LogP contribution in [0, 0.1) is 12.3 Å². The molecule has 0 radical (unpaired) electrons. The molecular weight excluding hydrogens is 332 g/mol. The first-order chi connectivity index (χ1) is 12.0. The van der Waals surface area contributed by atoms with Gasteiger partial charge in [-0.25, -0.2) is 0 Å². The summed E-state index contributed by atoms with van der Waals surface area (Å²) in [4.78, 5) is 26.2. The molecule has 1 aromatic rings. The number of hydrazine groups is 1. The maximum atomic E-state index is 12.3. The topological polar surface area (TPSA) is 70.7 Å². The summed E-state index contributed by atoms with van der Waals surface area (Å²) < 4.78 is 28.7. The number of carbonyl (C=O) groups excluding carboxylic acids is 2. The third kappa shape index (κ3) is 5.43. The Morgan fingerprint density at radius 1 is 1.36 bits per heavy atom. The standard InChI is InChI=1S/C17H19F2N3O3/c1-2-9-22-10-4-3-8-14(22)16(24)21-20-15(23)12-6-5-7-13(11-12)25-17(18)19/h1,5-7,11,14,17H,3-4,8-10H2,(H,20,23)(H,21,24)/t14-/m1/s1. The summed E-state index contributed by atoms with van der Waals surface area (Å²) in [5.74, 6) is 1.39. The van der Waals surface area contributed by atoms with Crippen molar-refractivity contribution < 1.29 is 23.1 Å². The second kappa shape index (κ2) is 8.99. The number of nitrogens with one attached hydrogen (secondary N) is 2. The Balaban J connectivity index is 1.92. The van der Waals surface area contributed by atoms with Gasteiger partial charge in [0.05, 0.1) is 12.6 Å². The van der Waals surface area contributed by atoms with Crippen molar-refractivity contribution in [3.05, 3.63) is 29.8 Å². The van der Waals surface area contributed by atoms with E-state index < -0.39 is 18.6 Å². The highest BCUT2D eigenvalue weighted by Gasteiger charge is 2.28. The largest absolute Gasteiger partial charge is 0.435 e. The Kier molecular flexibility index (Phi) is 6.71.